The van der Waals surface area contributed by atoms with E-state index in [0.717, 1.165) is 0 Å². The number of para-hydroxylation sites is 5. The summed E-state index contributed by atoms with van der Waals surface area (Å²) in [5.74, 6) is 1.95. The lowest BCUT2D eigenvalue weighted by Crippen LogP contribution is -2.02. The van der Waals surface area contributed by atoms with Gasteiger partial charge in [-0.2, -0.15) is 0 Å². The van der Waals surface area contributed by atoms with Crippen LogP contribution in [0.3, 0.4) is 0 Å². The van der Waals surface area contributed by atoms with E-state index in [0.29, 0.717) is 35.3 Å². The van der Waals surface area contributed by atoms with Crippen molar-refractivity contribution in [1.29, 1.82) is 0 Å². The summed E-state index contributed by atoms with van der Waals surface area (Å²) in [6.07, 6.45) is 0. The maximum Gasteiger partial charge on any atom is 0.677 e. The van der Waals surface area contributed by atoms with Gasteiger partial charge in [0, 0.05) is 6.54 Å². The molecule has 0 spiro atoms. The first-order valence-corrected chi connectivity index (χ1v) is 20.1. The molecule has 46 heavy (non-hydrogen) atoms. The molecule has 1 saturated heterocycles. The van der Waals surface area contributed by atoms with Crippen LogP contribution in [0.25, 0.3) is 0 Å². The van der Waals surface area contributed by atoms with Gasteiger partial charge >= 0.3 is 15.0 Å². The number of rotatable bonds is 13. The molecular weight excluding hydrogens is 659 g/mol. The summed E-state index contributed by atoms with van der Waals surface area (Å²) in [5, 5.41) is 0. The molecule has 12 heteroatoms. The van der Waals surface area contributed by atoms with Gasteiger partial charge < -0.3 is 13.8 Å². The Bertz CT molecular complexity index is 1810. The fraction of sp³-hybridized carbons (Fsp3) is 0.118. The number of halogens is 1. The number of hydrogen-bond acceptors (Lipinski definition) is 7. The van der Waals surface area contributed by atoms with E-state index in [1.165, 1.54) is 0 Å². The number of benzene rings is 5. The van der Waals surface area contributed by atoms with Crippen LogP contribution in [0.1, 0.15) is 6.92 Å². The van der Waals surface area contributed by atoms with Crippen LogP contribution in [0.15, 0.2) is 166 Å². The summed E-state index contributed by atoms with van der Waals surface area (Å²) >= 11 is 7.41. The van der Waals surface area contributed by atoms with Crippen molar-refractivity contribution in [2.45, 2.75) is 18.6 Å². The second kappa shape index (κ2) is 15.0. The van der Waals surface area contributed by atoms with E-state index in [1.54, 1.807) is 0 Å². The maximum absolute atomic E-state index is 7.41. The van der Waals surface area contributed by atoms with Gasteiger partial charge in [0.15, 0.2) is 23.1 Å². The van der Waals surface area contributed by atoms with E-state index >= 15 is 0 Å². The van der Waals surface area contributed by atoms with Gasteiger partial charge in [-0.05, 0) is 78.8 Å². The molecule has 1 heterocycles. The van der Waals surface area contributed by atoms with E-state index in [9.17, 15) is 0 Å². The zero-order valence-electron chi connectivity index (χ0n) is 24.9. The van der Waals surface area contributed by atoms with Gasteiger partial charge in [0.1, 0.15) is 17.2 Å². The summed E-state index contributed by atoms with van der Waals surface area (Å²) in [4.78, 5) is 0. The lowest BCUT2D eigenvalue weighted by Gasteiger charge is -2.12. The number of hydrogen-bond donors (Lipinski definition) is 0. The third-order valence-corrected chi connectivity index (χ3v) is 14.1. The Morgan fingerprint density at radius 1 is 0.630 bits per heavy atom. The first kappa shape index (κ1) is 31.9. The lowest BCUT2D eigenvalue weighted by molar-refractivity contribution is 0.312. The fourth-order valence-electron chi connectivity index (χ4n) is 4.46. The predicted molar refractivity (Wildman–Crippen MR) is 187 cm³/mol. The Balaban J connectivity index is 1.47. The van der Waals surface area contributed by atoms with Crippen molar-refractivity contribution in [1.82, 2.24) is 0 Å². The van der Waals surface area contributed by atoms with E-state index in [4.69, 9.17) is 48.1 Å². The van der Waals surface area contributed by atoms with Crippen molar-refractivity contribution in [3.8, 4) is 28.7 Å². The van der Waals surface area contributed by atoms with Crippen molar-refractivity contribution >= 4 is 33.5 Å². The molecule has 1 aliphatic heterocycles. The molecule has 8 nitrogen and oxygen atoms in total. The van der Waals surface area contributed by atoms with Crippen molar-refractivity contribution in [3.63, 3.8) is 0 Å². The molecule has 0 amide bonds. The molecule has 0 saturated carbocycles. The van der Waals surface area contributed by atoms with Gasteiger partial charge in [-0.15, -0.1) is 0 Å². The molecule has 6 rings (SSSR count). The molecule has 5 aromatic rings. The SMILES string of the molecule is CCN=P1(Oc2ccccc2)C(N=P(Cl)(N=[P+](Oc2ccccc2)Oc2ccccc2)Oc2ccccc2)C1Oc1ccccc1. The summed E-state index contributed by atoms with van der Waals surface area (Å²) < 4.78 is 47.2. The van der Waals surface area contributed by atoms with Crippen LogP contribution < -0.4 is 22.8 Å². The second-order valence-corrected chi connectivity index (χ2v) is 17.0. The van der Waals surface area contributed by atoms with Gasteiger partial charge in [0.25, 0.3) is 0 Å². The topological polar surface area (TPSA) is 83.2 Å². The van der Waals surface area contributed by atoms with Crippen molar-refractivity contribution in [3.05, 3.63) is 152 Å². The van der Waals surface area contributed by atoms with Crippen molar-refractivity contribution in [2.24, 2.45) is 14.0 Å². The molecule has 1 aliphatic rings. The summed E-state index contributed by atoms with van der Waals surface area (Å²) in [5.41, 5.74) is 0. The average molecular weight is 691 g/mol. The van der Waals surface area contributed by atoms with Gasteiger partial charge in [0.05, 0.1) is 4.52 Å². The smallest absolute Gasteiger partial charge is 0.478 e. The van der Waals surface area contributed by atoms with Crippen LogP contribution in [-0.4, -0.2) is 18.2 Å². The molecular formula is C34H32ClN3O5P3+. The predicted octanol–water partition coefficient (Wildman–Crippen LogP) is 11.9. The largest absolute Gasteiger partial charge is 0.677 e. The zero-order chi connectivity index (χ0) is 31.7. The minimum atomic E-state index is -3.56. The van der Waals surface area contributed by atoms with Gasteiger partial charge in [0.2, 0.25) is 7.28 Å². The monoisotopic (exact) mass is 690 g/mol. The Morgan fingerprint density at radius 2 is 1.07 bits per heavy atom. The normalized spacial score (nSPS) is 19.4. The molecule has 1 fully saturated rings. The zero-order valence-corrected chi connectivity index (χ0v) is 28.3. The summed E-state index contributed by atoms with van der Waals surface area (Å²) in [6.45, 7) is -1.08. The van der Waals surface area contributed by atoms with Crippen LogP contribution in [0, 0.1) is 0 Å². The third-order valence-electron chi connectivity index (χ3n) is 6.53. The number of nitrogens with zero attached hydrogens (tertiary/aromatic N) is 3. The first-order chi connectivity index (χ1) is 22.6. The van der Waals surface area contributed by atoms with Gasteiger partial charge in [-0.25, -0.2) is 13.8 Å². The van der Waals surface area contributed by atoms with Gasteiger partial charge in [-0.3, -0.25) is 4.74 Å². The standard InChI is InChI=1S/C34H32ClN3O5P3/c1-2-36-45(42-31-24-14-6-15-25-31)33(34(45)39-28-18-8-3-9-19-28)37-46(35,43-32-26-16-7-17-27-32)38-44(40-29-20-10-4-11-21-29)41-30-22-12-5-13-23-30/h3-27,33-34H,2H2,1H3/q+1. The van der Waals surface area contributed by atoms with E-state index in [1.807, 2.05) is 159 Å². The average Bonchev–Trinajstić information content (AvgIpc) is 3.63. The molecule has 4 unspecified atom stereocenters. The highest BCUT2D eigenvalue weighted by Crippen LogP contribution is 2.80. The van der Waals surface area contributed by atoms with Crippen LogP contribution in [-0.2, 0) is 0 Å². The van der Waals surface area contributed by atoms with Crippen LogP contribution in [0.2, 0.25) is 0 Å². The highest BCUT2D eigenvalue weighted by atomic mass is 35.7. The third kappa shape index (κ3) is 8.20. The molecule has 5 aromatic carbocycles. The lowest BCUT2D eigenvalue weighted by atomic mass is 10.3. The van der Waals surface area contributed by atoms with Crippen LogP contribution in [0.5, 0.6) is 28.7 Å². The Labute approximate surface area is 275 Å². The van der Waals surface area contributed by atoms with E-state index in [2.05, 4.69) is 0 Å². The molecule has 0 aliphatic carbocycles. The first-order valence-electron chi connectivity index (χ1n) is 14.6. The highest BCUT2D eigenvalue weighted by Gasteiger charge is 2.66. The van der Waals surface area contributed by atoms with Crippen molar-refractivity contribution < 1.29 is 22.8 Å². The van der Waals surface area contributed by atoms with Crippen LogP contribution >= 0.6 is 33.5 Å². The second-order valence-electron chi connectivity index (χ2n) is 9.90. The Kier molecular flexibility index (Phi) is 10.4. The molecule has 0 radical (unpaired) electrons. The fourth-order valence-corrected chi connectivity index (χ4v) is 12.4. The minimum absolute atomic E-state index is 0.501. The minimum Gasteiger partial charge on any atom is -0.478 e. The quantitative estimate of drug-likeness (QED) is 0.115. The number of ether oxygens (including phenoxy) is 1. The molecule has 234 valence electrons. The Morgan fingerprint density at radius 3 is 1.54 bits per heavy atom. The molecule has 0 N–H and O–H groups in total. The van der Waals surface area contributed by atoms with E-state index < -0.39 is 33.9 Å². The summed E-state index contributed by atoms with van der Waals surface area (Å²) in [7, 11) is -4.74. The maximum atomic E-state index is 7.41. The highest BCUT2D eigenvalue weighted by molar-refractivity contribution is 7.88. The Hall–Kier alpha value is -4.05. The summed E-state index contributed by atoms with van der Waals surface area (Å²) in [6, 6.07) is 47.0. The van der Waals surface area contributed by atoms with Crippen molar-refractivity contribution in [2.75, 3.05) is 6.54 Å². The molecule has 0 bridgehead atoms. The molecule has 0 aromatic heterocycles. The van der Waals surface area contributed by atoms with E-state index in [-0.39, 0.29) is 0 Å². The molecule has 4 atom stereocenters. The van der Waals surface area contributed by atoms with Gasteiger partial charge in [-0.1, -0.05) is 91.0 Å². The van der Waals surface area contributed by atoms with Crippen LogP contribution in [0.4, 0.5) is 0 Å².